The second-order valence-corrected chi connectivity index (χ2v) is 8.23. The minimum atomic E-state index is 0.0206. The van der Waals surface area contributed by atoms with E-state index in [0.29, 0.717) is 17.9 Å². The highest BCUT2D eigenvalue weighted by atomic mass is 16.5. The van der Waals surface area contributed by atoms with E-state index in [1.54, 1.807) is 0 Å². The molecule has 1 saturated carbocycles. The standard InChI is InChI=1S/C18H27N5O/c1-11(17-21-16(22-24-17)12-8-9-12)20-14-6-5-7-15-13(14)10-19-23(15)18(2,3)4/h10-12,14,20H,5-9H2,1-4H3/t11-,14-/m1/s1. The van der Waals surface area contributed by atoms with Gasteiger partial charge in [-0.25, -0.2) is 0 Å². The number of nitrogens with zero attached hydrogens (tertiary/aromatic N) is 4. The maximum atomic E-state index is 5.47. The van der Waals surface area contributed by atoms with Crippen molar-refractivity contribution >= 4 is 0 Å². The van der Waals surface area contributed by atoms with Crippen LogP contribution in [0.3, 0.4) is 0 Å². The SMILES string of the molecule is C[C@@H](N[C@@H]1CCCc2c1cnn2C(C)(C)C)c1nc(C2CC2)no1. The van der Waals surface area contributed by atoms with Gasteiger partial charge in [-0.15, -0.1) is 0 Å². The molecule has 0 bridgehead atoms. The van der Waals surface area contributed by atoms with Crippen LogP contribution in [0.25, 0.3) is 0 Å². The summed E-state index contributed by atoms with van der Waals surface area (Å²) in [5, 5.41) is 12.5. The van der Waals surface area contributed by atoms with Crippen molar-refractivity contribution in [2.24, 2.45) is 0 Å². The summed E-state index contributed by atoms with van der Waals surface area (Å²) in [4.78, 5) is 4.58. The highest BCUT2D eigenvalue weighted by Crippen LogP contribution is 2.39. The molecule has 130 valence electrons. The van der Waals surface area contributed by atoms with Crippen LogP contribution in [0.15, 0.2) is 10.7 Å². The van der Waals surface area contributed by atoms with E-state index in [-0.39, 0.29) is 11.6 Å². The molecular formula is C18H27N5O. The first kappa shape index (κ1) is 15.8. The Hall–Kier alpha value is -1.69. The molecule has 24 heavy (non-hydrogen) atoms. The highest BCUT2D eigenvalue weighted by molar-refractivity contribution is 5.26. The number of aromatic nitrogens is 4. The molecule has 0 unspecified atom stereocenters. The molecular weight excluding hydrogens is 302 g/mol. The van der Waals surface area contributed by atoms with Crippen molar-refractivity contribution in [1.29, 1.82) is 0 Å². The van der Waals surface area contributed by atoms with Crippen molar-refractivity contribution in [1.82, 2.24) is 25.2 Å². The van der Waals surface area contributed by atoms with Crippen LogP contribution in [-0.4, -0.2) is 19.9 Å². The highest BCUT2D eigenvalue weighted by Gasteiger charge is 2.32. The third-order valence-electron chi connectivity index (χ3n) is 5.04. The largest absolute Gasteiger partial charge is 0.338 e. The fraction of sp³-hybridized carbons (Fsp3) is 0.722. The molecule has 1 fully saturated rings. The zero-order valence-corrected chi connectivity index (χ0v) is 15.0. The van der Waals surface area contributed by atoms with E-state index in [2.05, 4.69) is 52.9 Å². The molecule has 0 amide bonds. The van der Waals surface area contributed by atoms with E-state index >= 15 is 0 Å². The number of rotatable bonds is 4. The normalized spacial score (nSPS) is 22.4. The lowest BCUT2D eigenvalue weighted by Gasteiger charge is -2.29. The number of hydrogen-bond donors (Lipinski definition) is 1. The average molecular weight is 329 g/mol. The average Bonchev–Trinajstić information content (AvgIpc) is 3.09. The fourth-order valence-electron chi connectivity index (χ4n) is 3.61. The Kier molecular flexibility index (Phi) is 3.75. The van der Waals surface area contributed by atoms with E-state index < -0.39 is 0 Å². The first-order chi connectivity index (χ1) is 11.4. The molecule has 2 aromatic heterocycles. The molecule has 6 nitrogen and oxygen atoms in total. The van der Waals surface area contributed by atoms with Crippen molar-refractivity contribution in [3.63, 3.8) is 0 Å². The molecule has 0 radical (unpaired) electrons. The predicted molar refractivity (Wildman–Crippen MR) is 90.7 cm³/mol. The first-order valence-corrected chi connectivity index (χ1v) is 9.10. The molecule has 2 heterocycles. The van der Waals surface area contributed by atoms with E-state index in [1.807, 2.05) is 6.20 Å². The molecule has 2 aliphatic rings. The van der Waals surface area contributed by atoms with Gasteiger partial charge in [0.25, 0.3) is 0 Å². The van der Waals surface area contributed by atoms with Crippen LogP contribution in [0, 0.1) is 0 Å². The summed E-state index contributed by atoms with van der Waals surface area (Å²) in [7, 11) is 0. The Labute approximate surface area is 143 Å². The zero-order chi connectivity index (χ0) is 16.9. The van der Waals surface area contributed by atoms with E-state index in [9.17, 15) is 0 Å². The van der Waals surface area contributed by atoms with E-state index in [1.165, 1.54) is 30.5 Å². The Bertz CT molecular complexity index is 722. The Morgan fingerprint density at radius 3 is 2.79 bits per heavy atom. The van der Waals surface area contributed by atoms with Gasteiger partial charge < -0.3 is 4.52 Å². The van der Waals surface area contributed by atoms with Gasteiger partial charge in [-0.1, -0.05) is 5.16 Å². The summed E-state index contributed by atoms with van der Waals surface area (Å²) < 4.78 is 7.65. The Balaban J connectivity index is 1.52. The smallest absolute Gasteiger partial charge is 0.243 e. The monoisotopic (exact) mass is 329 g/mol. The van der Waals surface area contributed by atoms with Crippen LogP contribution in [-0.2, 0) is 12.0 Å². The van der Waals surface area contributed by atoms with Crippen molar-refractivity contribution in [3.05, 3.63) is 29.2 Å². The second kappa shape index (κ2) is 5.69. The summed E-state index contributed by atoms with van der Waals surface area (Å²) >= 11 is 0. The number of fused-ring (bicyclic) bond motifs is 1. The van der Waals surface area contributed by atoms with Gasteiger partial charge in [-0.05, 0) is 59.8 Å². The van der Waals surface area contributed by atoms with Gasteiger partial charge in [0.15, 0.2) is 5.82 Å². The van der Waals surface area contributed by atoms with Crippen LogP contribution in [0.5, 0.6) is 0 Å². The molecule has 2 aromatic rings. The third kappa shape index (κ3) is 2.88. The molecule has 4 rings (SSSR count). The Morgan fingerprint density at radius 1 is 1.29 bits per heavy atom. The van der Waals surface area contributed by atoms with Crippen molar-refractivity contribution in [2.75, 3.05) is 0 Å². The lowest BCUT2D eigenvalue weighted by Crippen LogP contribution is -2.30. The van der Waals surface area contributed by atoms with Crippen LogP contribution in [0.2, 0.25) is 0 Å². The van der Waals surface area contributed by atoms with Crippen LogP contribution >= 0.6 is 0 Å². The lowest BCUT2D eigenvalue weighted by atomic mass is 9.91. The number of hydrogen-bond acceptors (Lipinski definition) is 5. The second-order valence-electron chi connectivity index (χ2n) is 8.23. The minimum Gasteiger partial charge on any atom is -0.338 e. The van der Waals surface area contributed by atoms with E-state index in [4.69, 9.17) is 4.52 Å². The predicted octanol–water partition coefficient (Wildman–Crippen LogP) is 3.63. The quantitative estimate of drug-likeness (QED) is 0.927. The van der Waals surface area contributed by atoms with Crippen LogP contribution in [0.4, 0.5) is 0 Å². The molecule has 6 heteroatoms. The van der Waals surface area contributed by atoms with Gasteiger partial charge in [0, 0.05) is 23.2 Å². The Morgan fingerprint density at radius 2 is 2.08 bits per heavy atom. The lowest BCUT2D eigenvalue weighted by molar-refractivity contribution is 0.305. The summed E-state index contributed by atoms with van der Waals surface area (Å²) in [6, 6.07) is 0.357. The van der Waals surface area contributed by atoms with Crippen molar-refractivity contribution < 1.29 is 4.52 Å². The fourth-order valence-corrected chi connectivity index (χ4v) is 3.61. The maximum absolute atomic E-state index is 5.47. The van der Waals surface area contributed by atoms with Gasteiger partial charge in [-0.3, -0.25) is 10.00 Å². The first-order valence-electron chi connectivity index (χ1n) is 9.10. The minimum absolute atomic E-state index is 0.0206. The molecule has 0 spiro atoms. The molecule has 2 aliphatic carbocycles. The third-order valence-corrected chi connectivity index (χ3v) is 5.04. The molecule has 1 N–H and O–H groups in total. The van der Waals surface area contributed by atoms with Crippen molar-refractivity contribution in [3.8, 4) is 0 Å². The van der Waals surface area contributed by atoms with Gasteiger partial charge >= 0.3 is 0 Å². The molecule has 0 aromatic carbocycles. The van der Waals surface area contributed by atoms with Gasteiger partial charge in [-0.2, -0.15) is 10.1 Å². The van der Waals surface area contributed by atoms with E-state index in [0.717, 1.165) is 18.7 Å². The summed E-state index contributed by atoms with van der Waals surface area (Å²) in [5.74, 6) is 2.11. The van der Waals surface area contributed by atoms with Gasteiger partial charge in [0.05, 0.1) is 17.8 Å². The summed E-state index contributed by atoms with van der Waals surface area (Å²) in [5.41, 5.74) is 2.71. The molecule has 0 aliphatic heterocycles. The van der Waals surface area contributed by atoms with Crippen LogP contribution < -0.4 is 5.32 Å². The number of nitrogens with one attached hydrogen (secondary N) is 1. The maximum Gasteiger partial charge on any atom is 0.243 e. The van der Waals surface area contributed by atoms with Crippen molar-refractivity contribution in [2.45, 2.75) is 83.3 Å². The molecule has 2 atom stereocenters. The van der Waals surface area contributed by atoms with Gasteiger partial charge in [0.1, 0.15) is 0 Å². The van der Waals surface area contributed by atoms with Crippen LogP contribution in [0.1, 0.15) is 94.4 Å². The summed E-state index contributed by atoms with van der Waals surface area (Å²) in [6.45, 7) is 8.72. The topological polar surface area (TPSA) is 68.8 Å². The summed E-state index contributed by atoms with van der Waals surface area (Å²) in [6.07, 6.45) is 7.82. The molecule has 0 saturated heterocycles. The zero-order valence-electron chi connectivity index (χ0n) is 15.0. The van der Waals surface area contributed by atoms with Gasteiger partial charge in [0.2, 0.25) is 5.89 Å².